The molecule has 2 N–H and O–H groups in total. The second-order valence-electron chi connectivity index (χ2n) is 7.72. The average Bonchev–Trinajstić information content (AvgIpc) is 3.19. The molecule has 5 rings (SSSR count). The highest BCUT2D eigenvalue weighted by Crippen LogP contribution is 2.38. The van der Waals surface area contributed by atoms with Gasteiger partial charge in [-0.25, -0.2) is 8.78 Å². The molecule has 1 aliphatic rings. The summed E-state index contributed by atoms with van der Waals surface area (Å²) in [6.07, 6.45) is 7.16. The molecular weight excluding hydrogens is 412 g/mol. The lowest BCUT2D eigenvalue weighted by Gasteiger charge is -2.27. The molecule has 1 saturated heterocycles. The van der Waals surface area contributed by atoms with Crippen molar-refractivity contribution in [3.8, 4) is 29.4 Å². The van der Waals surface area contributed by atoms with Crippen LogP contribution >= 0.6 is 0 Å². The highest BCUT2D eigenvalue weighted by atomic mass is 19.1. The minimum absolute atomic E-state index is 0.00398. The van der Waals surface area contributed by atoms with Gasteiger partial charge >= 0.3 is 0 Å². The van der Waals surface area contributed by atoms with Gasteiger partial charge in [0.25, 0.3) is 0 Å². The van der Waals surface area contributed by atoms with E-state index in [1.807, 2.05) is 6.92 Å². The number of pyridine rings is 1. The van der Waals surface area contributed by atoms with Crippen LogP contribution in [0.1, 0.15) is 12.5 Å². The average molecular weight is 433 g/mol. The summed E-state index contributed by atoms with van der Waals surface area (Å²) in [4.78, 5) is 6.52. The number of benzene rings is 2. The van der Waals surface area contributed by atoms with Crippen molar-refractivity contribution in [1.82, 2.24) is 20.1 Å². The number of halogens is 2. The molecular formula is C24H21F2N5O. The minimum atomic E-state index is -0.590. The first-order chi connectivity index (χ1) is 15.5. The molecule has 8 heteroatoms. The first-order valence-corrected chi connectivity index (χ1v) is 10.5. The summed E-state index contributed by atoms with van der Waals surface area (Å²) < 4.78 is 32.1. The Balaban J connectivity index is 1.80. The van der Waals surface area contributed by atoms with Crippen LogP contribution in [0.3, 0.4) is 0 Å². The standard InChI is InChI=1S/C24H21F2N5O/c1-3-16-19(25)6-5-14-11-15(32)12-17(20(14)16)22-21(26)23-18(13-28-22)24(29-31(23)4-2)30-9-7-27-8-10-30/h1,5-6,11-13,27,32H,4,7-10H2,2H3. The van der Waals surface area contributed by atoms with Crippen LogP contribution in [0.4, 0.5) is 14.6 Å². The van der Waals surface area contributed by atoms with Crippen molar-refractivity contribution in [1.29, 1.82) is 0 Å². The van der Waals surface area contributed by atoms with Crippen molar-refractivity contribution < 1.29 is 13.9 Å². The Morgan fingerprint density at radius 3 is 2.72 bits per heavy atom. The molecule has 0 bridgehead atoms. The Hall–Kier alpha value is -3.70. The lowest BCUT2D eigenvalue weighted by molar-refractivity contribution is 0.476. The fourth-order valence-electron chi connectivity index (χ4n) is 4.39. The van der Waals surface area contributed by atoms with Gasteiger partial charge in [-0.1, -0.05) is 12.0 Å². The van der Waals surface area contributed by atoms with Crippen LogP contribution in [0.15, 0.2) is 30.5 Å². The molecule has 6 nitrogen and oxygen atoms in total. The van der Waals surface area contributed by atoms with E-state index in [0.717, 1.165) is 26.2 Å². The summed E-state index contributed by atoms with van der Waals surface area (Å²) in [5.74, 6) is 1.78. The van der Waals surface area contributed by atoms with Crippen LogP contribution in [-0.4, -0.2) is 46.1 Å². The molecule has 4 aromatic rings. The lowest BCUT2D eigenvalue weighted by atomic mass is 9.96. The van der Waals surface area contributed by atoms with E-state index in [0.29, 0.717) is 34.0 Å². The van der Waals surface area contributed by atoms with E-state index in [1.165, 1.54) is 24.3 Å². The molecule has 0 amide bonds. The number of hydrogen-bond acceptors (Lipinski definition) is 5. The minimum Gasteiger partial charge on any atom is -0.508 e. The summed E-state index contributed by atoms with van der Waals surface area (Å²) in [5, 5.41) is 19.7. The zero-order valence-electron chi connectivity index (χ0n) is 17.5. The molecule has 3 heterocycles. The summed E-state index contributed by atoms with van der Waals surface area (Å²) in [7, 11) is 0. The van der Waals surface area contributed by atoms with Crippen molar-refractivity contribution in [3.63, 3.8) is 0 Å². The number of terminal acetylenes is 1. The molecule has 0 radical (unpaired) electrons. The molecule has 32 heavy (non-hydrogen) atoms. The number of phenolic OH excluding ortho intramolecular Hbond substituents is 1. The van der Waals surface area contributed by atoms with E-state index in [9.17, 15) is 9.50 Å². The van der Waals surface area contributed by atoms with E-state index in [1.54, 1.807) is 10.9 Å². The van der Waals surface area contributed by atoms with Gasteiger partial charge in [-0.3, -0.25) is 9.67 Å². The first-order valence-electron chi connectivity index (χ1n) is 10.5. The number of nitrogens with one attached hydrogen (secondary N) is 1. The van der Waals surface area contributed by atoms with Crippen LogP contribution < -0.4 is 10.2 Å². The van der Waals surface area contributed by atoms with E-state index >= 15 is 4.39 Å². The highest BCUT2D eigenvalue weighted by molar-refractivity contribution is 6.03. The Kier molecular flexibility index (Phi) is 4.91. The van der Waals surface area contributed by atoms with Gasteiger partial charge < -0.3 is 15.3 Å². The summed E-state index contributed by atoms with van der Waals surface area (Å²) >= 11 is 0. The molecule has 0 unspecified atom stereocenters. The van der Waals surface area contributed by atoms with E-state index in [4.69, 9.17) is 6.42 Å². The molecule has 0 atom stereocenters. The molecule has 1 aliphatic heterocycles. The van der Waals surface area contributed by atoms with Crippen LogP contribution in [-0.2, 0) is 6.54 Å². The Morgan fingerprint density at radius 1 is 1.22 bits per heavy atom. The van der Waals surface area contributed by atoms with Crippen LogP contribution in [0.25, 0.3) is 32.9 Å². The Bertz CT molecular complexity index is 1400. The smallest absolute Gasteiger partial charge is 0.175 e. The Morgan fingerprint density at radius 2 is 2.00 bits per heavy atom. The number of phenols is 1. The normalized spacial score (nSPS) is 14.2. The van der Waals surface area contributed by atoms with E-state index in [2.05, 4.69) is 26.2 Å². The van der Waals surface area contributed by atoms with Gasteiger partial charge in [-0.2, -0.15) is 5.10 Å². The lowest BCUT2D eigenvalue weighted by Crippen LogP contribution is -2.43. The van der Waals surface area contributed by atoms with Crippen molar-refractivity contribution in [2.75, 3.05) is 31.1 Å². The SMILES string of the molecule is C#Cc1c(F)ccc2cc(O)cc(-c3ncc4c(N5CCNCC5)nn(CC)c4c3F)c12. The largest absolute Gasteiger partial charge is 0.508 e. The number of nitrogens with zero attached hydrogens (tertiary/aromatic N) is 4. The number of fused-ring (bicyclic) bond motifs is 2. The molecule has 1 fully saturated rings. The monoisotopic (exact) mass is 433 g/mol. The summed E-state index contributed by atoms with van der Waals surface area (Å²) in [5.41, 5.74) is 0.548. The zero-order valence-corrected chi connectivity index (χ0v) is 17.5. The maximum absolute atomic E-state index is 16.0. The fourth-order valence-corrected chi connectivity index (χ4v) is 4.39. The highest BCUT2D eigenvalue weighted by Gasteiger charge is 2.25. The van der Waals surface area contributed by atoms with Gasteiger partial charge in [0.05, 0.1) is 10.9 Å². The number of piperazine rings is 1. The van der Waals surface area contributed by atoms with E-state index in [-0.39, 0.29) is 22.6 Å². The maximum atomic E-state index is 16.0. The zero-order chi connectivity index (χ0) is 22.4. The third kappa shape index (κ3) is 3.05. The fraction of sp³-hybridized carbons (Fsp3) is 0.250. The Labute approximate surface area is 183 Å². The quantitative estimate of drug-likeness (QED) is 0.483. The third-order valence-electron chi connectivity index (χ3n) is 5.88. The van der Waals surface area contributed by atoms with Crippen molar-refractivity contribution in [3.05, 3.63) is 47.7 Å². The third-order valence-corrected chi connectivity index (χ3v) is 5.88. The number of aryl methyl sites for hydroxylation is 1. The van der Waals surface area contributed by atoms with Crippen molar-refractivity contribution >= 4 is 27.5 Å². The van der Waals surface area contributed by atoms with Crippen molar-refractivity contribution in [2.45, 2.75) is 13.5 Å². The van der Waals surface area contributed by atoms with Crippen LogP contribution in [0, 0.1) is 24.0 Å². The van der Waals surface area contributed by atoms with Gasteiger partial charge in [0.2, 0.25) is 0 Å². The van der Waals surface area contributed by atoms with Crippen LogP contribution in [0.5, 0.6) is 5.75 Å². The topological polar surface area (TPSA) is 66.2 Å². The molecule has 0 aliphatic carbocycles. The number of rotatable bonds is 3. The number of anilines is 1. The predicted octanol–water partition coefficient (Wildman–Crippen LogP) is 3.65. The van der Waals surface area contributed by atoms with Gasteiger partial charge in [-0.05, 0) is 30.5 Å². The molecule has 2 aromatic carbocycles. The predicted molar refractivity (Wildman–Crippen MR) is 121 cm³/mol. The molecule has 0 saturated carbocycles. The second kappa shape index (κ2) is 7.77. The maximum Gasteiger partial charge on any atom is 0.175 e. The first kappa shape index (κ1) is 20.2. The number of aromatic nitrogens is 3. The number of hydrogen-bond donors (Lipinski definition) is 2. The number of aromatic hydroxyl groups is 1. The summed E-state index contributed by atoms with van der Waals surface area (Å²) in [6, 6.07) is 5.57. The van der Waals surface area contributed by atoms with Crippen molar-refractivity contribution in [2.24, 2.45) is 0 Å². The molecule has 162 valence electrons. The van der Waals surface area contributed by atoms with E-state index < -0.39 is 11.6 Å². The van der Waals surface area contributed by atoms with Crippen LogP contribution in [0.2, 0.25) is 0 Å². The molecule has 2 aromatic heterocycles. The van der Waals surface area contributed by atoms with Gasteiger partial charge in [0.15, 0.2) is 11.6 Å². The second-order valence-corrected chi connectivity index (χ2v) is 7.72. The van der Waals surface area contributed by atoms with Gasteiger partial charge in [-0.15, -0.1) is 6.42 Å². The summed E-state index contributed by atoms with van der Waals surface area (Å²) in [6.45, 7) is 5.54. The molecule has 0 spiro atoms. The van der Waals surface area contributed by atoms with Gasteiger partial charge in [0.1, 0.15) is 22.8 Å². The van der Waals surface area contributed by atoms with Gasteiger partial charge in [0, 0.05) is 49.9 Å².